The number of fused-ring (bicyclic) bond motifs is 4. The van der Waals surface area contributed by atoms with Gasteiger partial charge in [-0.25, -0.2) is 14.5 Å². The van der Waals surface area contributed by atoms with E-state index in [-0.39, 0.29) is 0 Å². The number of pyridine rings is 1. The van der Waals surface area contributed by atoms with Gasteiger partial charge in [0.15, 0.2) is 5.65 Å². The number of hydrogen-bond donors (Lipinski definition) is 0. The average molecular weight is 385 g/mol. The van der Waals surface area contributed by atoms with Crippen molar-refractivity contribution in [3.8, 4) is 6.07 Å². The van der Waals surface area contributed by atoms with Crippen LogP contribution in [0.5, 0.6) is 0 Å². The zero-order valence-corrected chi connectivity index (χ0v) is 16.3. The Kier molecular flexibility index (Phi) is 3.60. The predicted molar refractivity (Wildman–Crippen MR) is 107 cm³/mol. The van der Waals surface area contributed by atoms with Gasteiger partial charge in [0, 0.05) is 11.4 Å². The van der Waals surface area contributed by atoms with Crippen molar-refractivity contribution in [2.75, 3.05) is 0 Å². The Labute approximate surface area is 164 Å². The number of nitriles is 1. The van der Waals surface area contributed by atoms with Gasteiger partial charge in [-0.2, -0.15) is 10.2 Å². The number of benzene rings is 1. The summed E-state index contributed by atoms with van der Waals surface area (Å²) in [6.45, 7) is 5.85. The number of rotatable bonds is 2. The second-order valence-electron chi connectivity index (χ2n) is 6.66. The van der Waals surface area contributed by atoms with Crippen molar-refractivity contribution >= 4 is 34.2 Å². The van der Waals surface area contributed by atoms with Gasteiger partial charge in [0.1, 0.15) is 6.07 Å². The summed E-state index contributed by atoms with van der Waals surface area (Å²) in [7, 11) is 0. The van der Waals surface area contributed by atoms with Gasteiger partial charge >= 0.3 is 0 Å². The van der Waals surface area contributed by atoms with Crippen LogP contribution >= 0.6 is 11.8 Å². The molecule has 1 aromatic carbocycles. The molecule has 5 aromatic rings. The molecule has 0 spiro atoms. The topological polar surface area (TPSA) is 84.2 Å². The lowest BCUT2D eigenvalue weighted by Gasteiger charge is -2.07. The van der Waals surface area contributed by atoms with Crippen molar-refractivity contribution < 1.29 is 0 Å². The van der Waals surface area contributed by atoms with E-state index >= 15 is 0 Å². The summed E-state index contributed by atoms with van der Waals surface area (Å²) in [5.74, 6) is 0.581. The van der Waals surface area contributed by atoms with Crippen molar-refractivity contribution in [1.82, 2.24) is 29.0 Å². The Bertz CT molecular complexity index is 1440. The fourth-order valence-corrected chi connectivity index (χ4v) is 4.36. The first kappa shape index (κ1) is 16.7. The fourth-order valence-electron chi connectivity index (χ4n) is 3.41. The molecule has 0 aliphatic rings. The summed E-state index contributed by atoms with van der Waals surface area (Å²) in [6.07, 6.45) is 0. The first-order valence-corrected chi connectivity index (χ1v) is 9.56. The molecule has 28 heavy (non-hydrogen) atoms. The molecule has 8 heteroatoms. The smallest absolute Gasteiger partial charge is 0.253 e. The Morgan fingerprint density at radius 2 is 1.86 bits per heavy atom. The number of imidazole rings is 1. The molecule has 4 heterocycles. The van der Waals surface area contributed by atoms with E-state index in [0.29, 0.717) is 22.1 Å². The average Bonchev–Trinajstić information content (AvgIpc) is 3.23. The predicted octanol–water partition coefficient (Wildman–Crippen LogP) is 3.87. The van der Waals surface area contributed by atoms with Gasteiger partial charge in [-0.1, -0.05) is 12.1 Å². The van der Waals surface area contributed by atoms with Crippen molar-refractivity contribution in [2.24, 2.45) is 0 Å². The standard InChI is InChI=1S/C20H15N7S/c1-11-8-17(28-20-24-19-22-12(2)9-13(3)27(19)25-20)26-16-7-5-4-6-15(16)23-18(26)14(11)10-21/h4-9H,1-3H3. The summed E-state index contributed by atoms with van der Waals surface area (Å²) in [5, 5.41) is 15.7. The van der Waals surface area contributed by atoms with Crippen LogP contribution in [0, 0.1) is 32.1 Å². The zero-order chi connectivity index (χ0) is 19.4. The van der Waals surface area contributed by atoms with Crippen LogP contribution in [-0.2, 0) is 0 Å². The van der Waals surface area contributed by atoms with Gasteiger partial charge in [0.2, 0.25) is 5.16 Å². The van der Waals surface area contributed by atoms with Gasteiger partial charge in [0.05, 0.1) is 21.6 Å². The van der Waals surface area contributed by atoms with Crippen LogP contribution in [0.2, 0.25) is 0 Å². The molecule has 0 amide bonds. The molecular weight excluding hydrogens is 370 g/mol. The van der Waals surface area contributed by atoms with Gasteiger partial charge in [-0.15, -0.1) is 5.10 Å². The monoisotopic (exact) mass is 385 g/mol. The molecule has 0 saturated heterocycles. The van der Waals surface area contributed by atoms with Crippen LogP contribution < -0.4 is 0 Å². The molecular formula is C20H15N7S. The molecule has 0 fully saturated rings. The molecule has 0 atom stereocenters. The number of hydrogen-bond acceptors (Lipinski definition) is 6. The number of aryl methyl sites for hydroxylation is 3. The van der Waals surface area contributed by atoms with Crippen LogP contribution in [0.3, 0.4) is 0 Å². The Hall–Kier alpha value is -3.44. The zero-order valence-electron chi connectivity index (χ0n) is 15.5. The molecule has 4 aromatic heterocycles. The lowest BCUT2D eigenvalue weighted by Crippen LogP contribution is -1.98. The van der Waals surface area contributed by atoms with Crippen LogP contribution in [-0.4, -0.2) is 29.0 Å². The van der Waals surface area contributed by atoms with E-state index in [1.165, 1.54) is 11.8 Å². The minimum absolute atomic E-state index is 0.580. The maximum atomic E-state index is 9.63. The summed E-state index contributed by atoms with van der Waals surface area (Å²) in [6, 6.07) is 14.1. The molecule has 0 radical (unpaired) electrons. The summed E-state index contributed by atoms with van der Waals surface area (Å²) >= 11 is 1.44. The molecule has 0 N–H and O–H groups in total. The van der Waals surface area contributed by atoms with E-state index in [9.17, 15) is 5.26 Å². The van der Waals surface area contributed by atoms with Crippen molar-refractivity contribution in [3.63, 3.8) is 0 Å². The van der Waals surface area contributed by atoms with Crippen LogP contribution in [0.1, 0.15) is 22.5 Å². The third-order valence-electron chi connectivity index (χ3n) is 4.65. The Morgan fingerprint density at radius 3 is 2.68 bits per heavy atom. The van der Waals surface area contributed by atoms with E-state index in [2.05, 4.69) is 26.1 Å². The molecule has 0 aliphatic carbocycles. The summed E-state index contributed by atoms with van der Waals surface area (Å²) in [5.41, 5.74) is 5.80. The Morgan fingerprint density at radius 1 is 1.04 bits per heavy atom. The van der Waals surface area contributed by atoms with E-state index < -0.39 is 0 Å². The minimum Gasteiger partial charge on any atom is -0.285 e. The van der Waals surface area contributed by atoms with Crippen LogP contribution in [0.4, 0.5) is 0 Å². The lowest BCUT2D eigenvalue weighted by molar-refractivity contribution is 0.841. The van der Waals surface area contributed by atoms with E-state index in [0.717, 1.165) is 33.0 Å². The fraction of sp³-hybridized carbons (Fsp3) is 0.150. The second kappa shape index (κ2) is 6.04. The third kappa shape index (κ3) is 2.44. The quantitative estimate of drug-likeness (QED) is 0.459. The highest BCUT2D eigenvalue weighted by Gasteiger charge is 2.17. The van der Waals surface area contributed by atoms with Gasteiger partial charge in [0.25, 0.3) is 5.78 Å². The van der Waals surface area contributed by atoms with E-state index in [1.807, 2.05) is 61.6 Å². The summed E-state index contributed by atoms with van der Waals surface area (Å²) < 4.78 is 3.75. The first-order chi connectivity index (χ1) is 13.5. The Balaban J connectivity index is 1.75. The highest BCUT2D eigenvalue weighted by molar-refractivity contribution is 7.99. The molecule has 0 unspecified atom stereocenters. The lowest BCUT2D eigenvalue weighted by atomic mass is 10.2. The third-order valence-corrected chi connectivity index (χ3v) is 5.51. The van der Waals surface area contributed by atoms with E-state index in [1.54, 1.807) is 4.52 Å². The van der Waals surface area contributed by atoms with Crippen molar-refractivity contribution in [3.05, 3.63) is 58.9 Å². The van der Waals surface area contributed by atoms with Crippen LogP contribution in [0.15, 0.2) is 46.6 Å². The number of nitrogens with zero attached hydrogens (tertiary/aromatic N) is 7. The molecule has 5 rings (SSSR count). The highest BCUT2D eigenvalue weighted by atomic mass is 32.2. The number of aromatic nitrogens is 6. The largest absolute Gasteiger partial charge is 0.285 e. The van der Waals surface area contributed by atoms with E-state index in [4.69, 9.17) is 0 Å². The van der Waals surface area contributed by atoms with Gasteiger partial charge < -0.3 is 0 Å². The van der Waals surface area contributed by atoms with Crippen molar-refractivity contribution in [2.45, 2.75) is 31.0 Å². The number of para-hydroxylation sites is 2. The van der Waals surface area contributed by atoms with Gasteiger partial charge in [-0.3, -0.25) is 4.40 Å². The molecule has 0 saturated carbocycles. The SMILES string of the molecule is Cc1cc(C)n2nc(Sc3cc(C)c(C#N)c4nc5ccccc5n34)nc2n1. The molecule has 136 valence electrons. The first-order valence-electron chi connectivity index (χ1n) is 8.75. The molecule has 0 aliphatic heterocycles. The summed E-state index contributed by atoms with van der Waals surface area (Å²) in [4.78, 5) is 13.7. The normalized spacial score (nSPS) is 11.5. The highest BCUT2D eigenvalue weighted by Crippen LogP contribution is 2.32. The second-order valence-corrected chi connectivity index (χ2v) is 7.65. The molecule has 7 nitrogen and oxygen atoms in total. The maximum absolute atomic E-state index is 9.63. The molecule has 0 bridgehead atoms. The van der Waals surface area contributed by atoms with Crippen molar-refractivity contribution in [1.29, 1.82) is 5.26 Å². The minimum atomic E-state index is 0.580. The van der Waals surface area contributed by atoms with Gasteiger partial charge in [-0.05, 0) is 62.4 Å². The van der Waals surface area contributed by atoms with Crippen LogP contribution in [0.25, 0.3) is 22.5 Å². The maximum Gasteiger partial charge on any atom is 0.253 e.